The maximum Gasteiger partial charge on any atom is 0.223 e. The average Bonchev–Trinajstić information content (AvgIpc) is 2.39. The lowest BCUT2D eigenvalue weighted by Gasteiger charge is -2.32. The van der Waals surface area contributed by atoms with Crippen molar-refractivity contribution in [2.24, 2.45) is 17.6 Å². The molecule has 110 valence electrons. The Morgan fingerprint density at radius 3 is 2.68 bits per heavy atom. The molecular weight excluding hydrogens is 238 g/mol. The van der Waals surface area contributed by atoms with E-state index in [9.17, 15) is 4.79 Å². The highest BCUT2D eigenvalue weighted by Crippen LogP contribution is 2.29. The molecule has 1 saturated heterocycles. The Bertz CT molecular complexity index is 289. The van der Waals surface area contributed by atoms with Gasteiger partial charge in [0, 0.05) is 25.0 Å². The highest BCUT2D eigenvalue weighted by atomic mass is 16.1. The predicted molar refractivity (Wildman–Crippen MR) is 77.8 cm³/mol. The third kappa shape index (κ3) is 4.46. The van der Waals surface area contributed by atoms with Crippen LogP contribution in [-0.4, -0.2) is 43.0 Å². The highest BCUT2D eigenvalue weighted by Gasteiger charge is 2.30. The second kappa shape index (κ2) is 7.25. The summed E-state index contributed by atoms with van der Waals surface area (Å²) in [6.07, 6.45) is 6.93. The molecule has 0 aromatic heterocycles. The van der Waals surface area contributed by atoms with E-state index in [1.807, 2.05) is 0 Å². The molecular formula is C15H29N3O. The lowest BCUT2D eigenvalue weighted by Crippen LogP contribution is -2.43. The monoisotopic (exact) mass is 267 g/mol. The molecule has 4 nitrogen and oxygen atoms in total. The quantitative estimate of drug-likeness (QED) is 0.808. The molecule has 2 aliphatic rings. The fraction of sp³-hybridized carbons (Fsp3) is 0.933. The van der Waals surface area contributed by atoms with Gasteiger partial charge in [-0.15, -0.1) is 0 Å². The van der Waals surface area contributed by atoms with E-state index in [4.69, 9.17) is 5.73 Å². The fourth-order valence-electron chi connectivity index (χ4n) is 3.48. The molecule has 1 heterocycles. The van der Waals surface area contributed by atoms with Crippen LogP contribution in [-0.2, 0) is 4.79 Å². The third-order valence-corrected chi connectivity index (χ3v) is 4.72. The van der Waals surface area contributed by atoms with Gasteiger partial charge in [0.2, 0.25) is 5.91 Å². The zero-order valence-electron chi connectivity index (χ0n) is 12.2. The maximum atomic E-state index is 12.2. The molecule has 2 fully saturated rings. The molecule has 1 saturated carbocycles. The van der Waals surface area contributed by atoms with Gasteiger partial charge in [-0.25, -0.2) is 0 Å². The van der Waals surface area contributed by atoms with Gasteiger partial charge in [-0.3, -0.25) is 4.79 Å². The van der Waals surface area contributed by atoms with Crippen LogP contribution in [0.15, 0.2) is 0 Å². The van der Waals surface area contributed by atoms with Crippen LogP contribution < -0.4 is 11.1 Å². The molecule has 0 spiro atoms. The van der Waals surface area contributed by atoms with Gasteiger partial charge in [0.1, 0.15) is 0 Å². The minimum atomic E-state index is 0.182. The number of nitrogens with one attached hydrogen (secondary N) is 1. The van der Waals surface area contributed by atoms with E-state index >= 15 is 0 Å². The molecule has 4 heteroatoms. The summed E-state index contributed by atoms with van der Waals surface area (Å²) in [7, 11) is 0. The topological polar surface area (TPSA) is 58.4 Å². The first-order chi connectivity index (χ1) is 9.16. The number of nitrogens with zero attached hydrogens (tertiary/aromatic N) is 1. The number of amides is 1. The van der Waals surface area contributed by atoms with Crippen molar-refractivity contribution in [1.82, 2.24) is 10.2 Å². The fourth-order valence-corrected chi connectivity index (χ4v) is 3.48. The van der Waals surface area contributed by atoms with E-state index in [0.717, 1.165) is 32.4 Å². The second-order valence-electron chi connectivity index (χ2n) is 6.35. The lowest BCUT2D eigenvalue weighted by molar-refractivity contribution is -0.127. The zero-order valence-corrected chi connectivity index (χ0v) is 12.2. The zero-order chi connectivity index (χ0) is 13.7. The number of rotatable bonds is 4. The van der Waals surface area contributed by atoms with Crippen molar-refractivity contribution < 1.29 is 4.79 Å². The Labute approximate surface area is 117 Å². The van der Waals surface area contributed by atoms with Gasteiger partial charge in [0.15, 0.2) is 0 Å². The summed E-state index contributed by atoms with van der Waals surface area (Å²) >= 11 is 0. The molecule has 1 aliphatic heterocycles. The number of nitrogens with two attached hydrogens (primary N) is 1. The van der Waals surface area contributed by atoms with Crippen LogP contribution in [0.25, 0.3) is 0 Å². The van der Waals surface area contributed by atoms with E-state index in [-0.39, 0.29) is 11.8 Å². The van der Waals surface area contributed by atoms with Crippen molar-refractivity contribution in [3.05, 3.63) is 0 Å². The standard InChI is InChI=1S/C15H29N3O/c1-12-11-13(16)5-6-14(12)15(19)17-7-10-18-8-3-2-4-9-18/h12-14H,2-11,16H2,1H3,(H,17,19). The lowest BCUT2D eigenvalue weighted by atomic mass is 9.78. The number of carbonyl (C=O) groups is 1. The molecule has 1 amide bonds. The molecule has 1 aliphatic carbocycles. The van der Waals surface area contributed by atoms with Crippen LogP contribution >= 0.6 is 0 Å². The van der Waals surface area contributed by atoms with Crippen LogP contribution in [0.1, 0.15) is 45.4 Å². The van der Waals surface area contributed by atoms with Crippen molar-refractivity contribution in [3.63, 3.8) is 0 Å². The van der Waals surface area contributed by atoms with Crippen molar-refractivity contribution in [2.75, 3.05) is 26.2 Å². The van der Waals surface area contributed by atoms with E-state index < -0.39 is 0 Å². The van der Waals surface area contributed by atoms with Crippen molar-refractivity contribution in [3.8, 4) is 0 Å². The van der Waals surface area contributed by atoms with E-state index in [1.165, 1.54) is 32.4 Å². The molecule has 0 radical (unpaired) electrons. The Hall–Kier alpha value is -0.610. The smallest absolute Gasteiger partial charge is 0.223 e. The number of likely N-dealkylation sites (tertiary alicyclic amines) is 1. The van der Waals surface area contributed by atoms with Gasteiger partial charge in [0.05, 0.1) is 0 Å². The van der Waals surface area contributed by atoms with Crippen LogP contribution in [0.5, 0.6) is 0 Å². The summed E-state index contributed by atoms with van der Waals surface area (Å²) < 4.78 is 0. The Balaban J connectivity index is 1.66. The molecule has 3 N–H and O–H groups in total. The number of hydrogen-bond donors (Lipinski definition) is 2. The Morgan fingerprint density at radius 1 is 1.26 bits per heavy atom. The summed E-state index contributed by atoms with van der Waals surface area (Å²) in [4.78, 5) is 14.6. The van der Waals surface area contributed by atoms with E-state index in [1.54, 1.807) is 0 Å². The van der Waals surface area contributed by atoms with Gasteiger partial charge in [-0.05, 0) is 51.1 Å². The van der Waals surface area contributed by atoms with E-state index in [0.29, 0.717) is 12.0 Å². The van der Waals surface area contributed by atoms with Gasteiger partial charge in [-0.2, -0.15) is 0 Å². The SMILES string of the molecule is CC1CC(N)CCC1C(=O)NCCN1CCCCC1. The number of carbonyl (C=O) groups excluding carboxylic acids is 1. The van der Waals surface area contributed by atoms with Crippen molar-refractivity contribution in [1.29, 1.82) is 0 Å². The summed E-state index contributed by atoms with van der Waals surface area (Å²) in [6, 6.07) is 0.299. The van der Waals surface area contributed by atoms with E-state index in [2.05, 4.69) is 17.1 Å². The summed E-state index contributed by atoms with van der Waals surface area (Å²) in [5.74, 6) is 0.858. The Morgan fingerprint density at radius 2 is 2.00 bits per heavy atom. The average molecular weight is 267 g/mol. The normalized spacial score (nSPS) is 33.1. The number of piperidine rings is 1. The summed E-state index contributed by atoms with van der Waals surface area (Å²) in [6.45, 7) is 6.36. The van der Waals surface area contributed by atoms with Crippen LogP contribution in [0, 0.1) is 11.8 Å². The third-order valence-electron chi connectivity index (χ3n) is 4.72. The second-order valence-corrected chi connectivity index (χ2v) is 6.35. The van der Waals surface area contributed by atoms with Crippen molar-refractivity contribution >= 4 is 5.91 Å². The molecule has 0 aromatic carbocycles. The van der Waals surface area contributed by atoms with Crippen LogP contribution in [0.4, 0.5) is 0 Å². The first kappa shape index (κ1) is 14.8. The highest BCUT2D eigenvalue weighted by molar-refractivity contribution is 5.79. The molecule has 3 unspecified atom stereocenters. The maximum absolute atomic E-state index is 12.2. The molecule has 3 atom stereocenters. The van der Waals surface area contributed by atoms with Gasteiger partial charge in [0.25, 0.3) is 0 Å². The molecule has 19 heavy (non-hydrogen) atoms. The van der Waals surface area contributed by atoms with Gasteiger partial charge < -0.3 is 16.0 Å². The minimum absolute atomic E-state index is 0.182. The first-order valence-electron chi connectivity index (χ1n) is 7.92. The molecule has 0 bridgehead atoms. The van der Waals surface area contributed by atoms with Crippen LogP contribution in [0.2, 0.25) is 0 Å². The van der Waals surface area contributed by atoms with Crippen LogP contribution in [0.3, 0.4) is 0 Å². The van der Waals surface area contributed by atoms with Gasteiger partial charge >= 0.3 is 0 Å². The summed E-state index contributed by atoms with van der Waals surface area (Å²) in [5, 5.41) is 3.12. The van der Waals surface area contributed by atoms with Crippen molar-refractivity contribution in [2.45, 2.75) is 51.5 Å². The van der Waals surface area contributed by atoms with Gasteiger partial charge in [-0.1, -0.05) is 13.3 Å². The minimum Gasteiger partial charge on any atom is -0.355 e. The molecule has 2 rings (SSSR count). The largest absolute Gasteiger partial charge is 0.355 e. The molecule has 0 aromatic rings. The first-order valence-corrected chi connectivity index (χ1v) is 7.92. The summed E-state index contributed by atoms with van der Waals surface area (Å²) in [5.41, 5.74) is 5.95. The number of hydrogen-bond acceptors (Lipinski definition) is 3. The predicted octanol–water partition coefficient (Wildman–Crippen LogP) is 1.35. The Kier molecular flexibility index (Phi) is 5.64.